The summed E-state index contributed by atoms with van der Waals surface area (Å²) in [5.41, 5.74) is 1.53. The van der Waals surface area contributed by atoms with Crippen LogP contribution in [0.5, 0.6) is 11.5 Å². The van der Waals surface area contributed by atoms with Gasteiger partial charge in [-0.25, -0.2) is 0 Å². The zero-order valence-corrected chi connectivity index (χ0v) is 17.0. The highest BCUT2D eigenvalue weighted by Crippen LogP contribution is 2.29. The number of non-ortho nitro benzene ring substituents is 1. The minimum absolute atomic E-state index is 0.0293. The van der Waals surface area contributed by atoms with E-state index in [1.807, 2.05) is 0 Å². The number of nitrogens with zero attached hydrogens (tertiary/aromatic N) is 1. The van der Waals surface area contributed by atoms with Gasteiger partial charge in [-0.05, 0) is 24.6 Å². The molecule has 0 aromatic heterocycles. The first-order valence-corrected chi connectivity index (χ1v) is 9.64. The number of anilines is 2. The first-order valence-electron chi connectivity index (χ1n) is 8.48. The molecule has 0 radical (unpaired) electrons. The Morgan fingerprint density at radius 1 is 1.00 bits per heavy atom. The third-order valence-electron chi connectivity index (χ3n) is 3.84. The number of ether oxygens (including phenoxy) is 2. The molecule has 10 heteroatoms. The molecule has 0 saturated carbocycles. The van der Waals surface area contributed by atoms with Gasteiger partial charge in [-0.2, -0.15) is 0 Å². The summed E-state index contributed by atoms with van der Waals surface area (Å²) in [5, 5.41) is 16.2. The van der Waals surface area contributed by atoms with Crippen LogP contribution in [0.2, 0.25) is 0 Å². The van der Waals surface area contributed by atoms with Crippen molar-refractivity contribution in [2.45, 2.75) is 6.92 Å². The van der Waals surface area contributed by atoms with Gasteiger partial charge in [-0.3, -0.25) is 19.7 Å². The van der Waals surface area contributed by atoms with Gasteiger partial charge in [-0.1, -0.05) is 6.07 Å². The van der Waals surface area contributed by atoms with E-state index in [0.29, 0.717) is 28.4 Å². The molecule has 0 aliphatic rings. The van der Waals surface area contributed by atoms with E-state index in [-0.39, 0.29) is 29.0 Å². The second-order valence-corrected chi connectivity index (χ2v) is 6.90. The Labute approximate surface area is 171 Å². The lowest BCUT2D eigenvalue weighted by atomic mass is 10.2. The maximum absolute atomic E-state index is 12.1. The molecule has 0 saturated heterocycles. The third-order valence-corrected chi connectivity index (χ3v) is 4.77. The molecule has 0 atom stereocenters. The van der Waals surface area contributed by atoms with Crippen LogP contribution < -0.4 is 20.1 Å². The lowest BCUT2D eigenvalue weighted by Gasteiger charge is -2.11. The molecule has 2 aromatic rings. The second-order valence-electron chi connectivity index (χ2n) is 5.92. The van der Waals surface area contributed by atoms with Gasteiger partial charge in [0.15, 0.2) is 11.5 Å². The van der Waals surface area contributed by atoms with E-state index < -0.39 is 4.92 Å². The van der Waals surface area contributed by atoms with Crippen LogP contribution >= 0.6 is 11.8 Å². The topological polar surface area (TPSA) is 120 Å². The van der Waals surface area contributed by atoms with Crippen LogP contribution in [-0.2, 0) is 9.59 Å². The predicted molar refractivity (Wildman–Crippen MR) is 112 cm³/mol. The summed E-state index contributed by atoms with van der Waals surface area (Å²) >= 11 is 1.13. The molecule has 0 heterocycles. The maximum Gasteiger partial charge on any atom is 0.271 e. The van der Waals surface area contributed by atoms with Gasteiger partial charge in [-0.15, -0.1) is 11.8 Å². The average Bonchev–Trinajstić information content (AvgIpc) is 2.69. The number of nitro benzene ring substituents is 1. The number of nitro groups is 1. The zero-order valence-electron chi connectivity index (χ0n) is 16.2. The van der Waals surface area contributed by atoms with Gasteiger partial charge in [0.25, 0.3) is 5.69 Å². The van der Waals surface area contributed by atoms with Crippen molar-refractivity contribution >= 4 is 40.6 Å². The normalized spacial score (nSPS) is 10.2. The summed E-state index contributed by atoms with van der Waals surface area (Å²) in [6, 6.07) is 9.24. The van der Waals surface area contributed by atoms with Crippen LogP contribution in [-0.4, -0.2) is 42.5 Å². The number of thioether (sulfide) groups is 1. The number of hydrogen-bond donors (Lipinski definition) is 2. The molecule has 0 bridgehead atoms. The second kappa shape index (κ2) is 10.3. The monoisotopic (exact) mass is 419 g/mol. The first kappa shape index (κ1) is 22.0. The van der Waals surface area contributed by atoms with Crippen molar-refractivity contribution in [3.63, 3.8) is 0 Å². The van der Waals surface area contributed by atoms with Gasteiger partial charge in [0.1, 0.15) is 0 Å². The van der Waals surface area contributed by atoms with Crippen LogP contribution in [0.1, 0.15) is 5.56 Å². The Morgan fingerprint density at radius 3 is 2.28 bits per heavy atom. The van der Waals surface area contributed by atoms with Gasteiger partial charge >= 0.3 is 0 Å². The van der Waals surface area contributed by atoms with Crippen LogP contribution in [0.25, 0.3) is 0 Å². The molecule has 2 aromatic carbocycles. The predicted octanol–water partition coefficient (Wildman–Crippen LogP) is 3.23. The SMILES string of the molecule is COc1ccc(NC(=O)CSCC(=O)Nc2cc([N+](=O)[O-])ccc2C)cc1OC. The third kappa shape index (κ3) is 6.39. The molecule has 0 unspecified atom stereocenters. The van der Waals surface area contributed by atoms with Gasteiger partial charge in [0.05, 0.1) is 36.3 Å². The number of carbonyl (C=O) groups is 2. The Hall–Kier alpha value is -3.27. The number of amides is 2. The van der Waals surface area contributed by atoms with Gasteiger partial charge < -0.3 is 20.1 Å². The van der Waals surface area contributed by atoms with Crippen molar-refractivity contribution in [3.8, 4) is 11.5 Å². The van der Waals surface area contributed by atoms with E-state index in [2.05, 4.69) is 10.6 Å². The summed E-state index contributed by atoms with van der Waals surface area (Å²) in [5.74, 6) is 0.508. The lowest BCUT2D eigenvalue weighted by molar-refractivity contribution is -0.384. The molecule has 29 heavy (non-hydrogen) atoms. The largest absolute Gasteiger partial charge is 0.493 e. The van der Waals surface area contributed by atoms with Gasteiger partial charge in [0, 0.05) is 23.9 Å². The Kier molecular flexibility index (Phi) is 7.84. The van der Waals surface area contributed by atoms with Crippen molar-refractivity contribution in [1.82, 2.24) is 0 Å². The summed E-state index contributed by atoms with van der Waals surface area (Å²) < 4.78 is 10.3. The molecule has 0 aliphatic heterocycles. The highest BCUT2D eigenvalue weighted by molar-refractivity contribution is 8.00. The molecule has 0 fully saturated rings. The molecule has 9 nitrogen and oxygen atoms in total. The molecular weight excluding hydrogens is 398 g/mol. The van der Waals surface area contributed by atoms with Crippen molar-refractivity contribution in [1.29, 1.82) is 0 Å². The van der Waals surface area contributed by atoms with Crippen molar-refractivity contribution in [3.05, 3.63) is 52.1 Å². The number of nitrogens with one attached hydrogen (secondary N) is 2. The Bertz CT molecular complexity index is 919. The van der Waals surface area contributed by atoms with Crippen LogP contribution in [0.15, 0.2) is 36.4 Å². The van der Waals surface area contributed by atoms with E-state index in [0.717, 1.165) is 11.8 Å². The standard InChI is InChI=1S/C19H21N3O6S/c1-12-4-6-14(22(25)26)9-15(12)21-19(24)11-29-10-18(23)20-13-5-7-16(27-2)17(8-13)28-3/h4-9H,10-11H2,1-3H3,(H,20,23)(H,21,24). The molecule has 0 spiro atoms. The van der Waals surface area contributed by atoms with Crippen molar-refractivity contribution in [2.24, 2.45) is 0 Å². The number of aryl methyl sites for hydroxylation is 1. The average molecular weight is 419 g/mol. The van der Waals surface area contributed by atoms with Crippen molar-refractivity contribution < 1.29 is 24.0 Å². The summed E-state index contributed by atoms with van der Waals surface area (Å²) in [6.07, 6.45) is 0. The fraction of sp³-hybridized carbons (Fsp3) is 0.263. The van der Waals surface area contributed by atoms with E-state index in [4.69, 9.17) is 9.47 Å². The number of methoxy groups -OCH3 is 2. The van der Waals surface area contributed by atoms with Gasteiger partial charge in [0.2, 0.25) is 11.8 Å². The number of hydrogen-bond acceptors (Lipinski definition) is 7. The molecule has 0 aliphatic carbocycles. The number of benzene rings is 2. The fourth-order valence-corrected chi connectivity index (χ4v) is 3.01. The zero-order chi connectivity index (χ0) is 21.4. The van der Waals surface area contributed by atoms with Crippen LogP contribution in [0.3, 0.4) is 0 Å². The highest BCUT2D eigenvalue weighted by atomic mass is 32.2. The summed E-state index contributed by atoms with van der Waals surface area (Å²) in [4.78, 5) is 34.5. The number of rotatable bonds is 9. The van der Waals surface area contributed by atoms with Crippen molar-refractivity contribution in [2.75, 3.05) is 36.4 Å². The van der Waals surface area contributed by atoms with Crippen LogP contribution in [0.4, 0.5) is 17.1 Å². The summed E-state index contributed by atoms with van der Waals surface area (Å²) in [6.45, 7) is 1.74. The molecular formula is C19H21N3O6S. The Morgan fingerprint density at radius 2 is 1.66 bits per heavy atom. The quantitative estimate of drug-likeness (QED) is 0.473. The lowest BCUT2D eigenvalue weighted by Crippen LogP contribution is -2.19. The number of carbonyl (C=O) groups excluding carboxylic acids is 2. The highest BCUT2D eigenvalue weighted by Gasteiger charge is 2.12. The minimum atomic E-state index is -0.525. The molecule has 2 amide bonds. The minimum Gasteiger partial charge on any atom is -0.493 e. The van der Waals surface area contributed by atoms with Crippen LogP contribution in [0, 0.1) is 17.0 Å². The smallest absolute Gasteiger partial charge is 0.271 e. The summed E-state index contributed by atoms with van der Waals surface area (Å²) in [7, 11) is 3.02. The molecule has 2 N–H and O–H groups in total. The Balaban J connectivity index is 1.84. The maximum atomic E-state index is 12.1. The van der Waals surface area contributed by atoms with E-state index in [1.165, 1.54) is 26.4 Å². The molecule has 154 valence electrons. The molecule has 2 rings (SSSR count). The van der Waals surface area contributed by atoms with E-state index in [9.17, 15) is 19.7 Å². The van der Waals surface area contributed by atoms with E-state index >= 15 is 0 Å². The first-order chi connectivity index (χ1) is 13.8. The fourth-order valence-electron chi connectivity index (χ4n) is 2.39. The van der Waals surface area contributed by atoms with E-state index in [1.54, 1.807) is 31.2 Å².